The molecular formula is C20H41N. The summed E-state index contributed by atoms with van der Waals surface area (Å²) in [6, 6.07) is 0. The second-order valence-electron chi connectivity index (χ2n) is 6.31. The van der Waals surface area contributed by atoms with Gasteiger partial charge in [-0.1, -0.05) is 83.8 Å². The predicted molar refractivity (Wildman–Crippen MR) is 98.0 cm³/mol. The second kappa shape index (κ2) is 19.7. The molecule has 0 aromatic heterocycles. The molecule has 0 aliphatic rings. The second-order valence-corrected chi connectivity index (χ2v) is 6.31. The van der Waals surface area contributed by atoms with Crippen LogP contribution in [0.15, 0.2) is 12.2 Å². The van der Waals surface area contributed by atoms with E-state index in [1.54, 1.807) is 0 Å². The minimum absolute atomic E-state index is 1.18. The first-order valence-corrected chi connectivity index (χ1v) is 9.77. The Morgan fingerprint density at radius 2 is 1.10 bits per heavy atom. The Balaban J connectivity index is 2.95. The highest BCUT2D eigenvalue weighted by molar-refractivity contribution is 4.79. The van der Waals surface area contributed by atoms with Crippen LogP contribution in [-0.4, -0.2) is 13.1 Å². The molecule has 1 nitrogen and oxygen atoms in total. The van der Waals surface area contributed by atoms with Gasteiger partial charge >= 0.3 is 0 Å². The highest BCUT2D eigenvalue weighted by atomic mass is 14.8. The molecule has 1 heteroatoms. The van der Waals surface area contributed by atoms with E-state index in [2.05, 4.69) is 31.3 Å². The summed E-state index contributed by atoms with van der Waals surface area (Å²) >= 11 is 0. The summed E-state index contributed by atoms with van der Waals surface area (Å²) in [5.41, 5.74) is 0. The molecule has 0 aliphatic heterocycles. The molecule has 0 amide bonds. The third-order valence-electron chi connectivity index (χ3n) is 4.08. The van der Waals surface area contributed by atoms with Crippen LogP contribution in [0, 0.1) is 0 Å². The summed E-state index contributed by atoms with van der Waals surface area (Å²) in [6.45, 7) is 6.94. The smallest absolute Gasteiger partial charge is 0.00489 e. The number of nitrogens with one attached hydrogen (secondary N) is 1. The maximum atomic E-state index is 3.59. The lowest BCUT2D eigenvalue weighted by molar-refractivity contribution is 0.541. The van der Waals surface area contributed by atoms with E-state index in [1.165, 1.54) is 103 Å². The van der Waals surface area contributed by atoms with Gasteiger partial charge in [0.05, 0.1) is 0 Å². The standard InChI is InChI=1S/C20H41N/c1-3-5-7-9-11-13-15-17-19-21-20-18-16-14-12-10-8-6-4-2/h5,7,21H,3-4,6,8-20H2,1-2H3/b7-5+. The zero-order chi connectivity index (χ0) is 15.4. The van der Waals surface area contributed by atoms with Crippen molar-refractivity contribution in [3.63, 3.8) is 0 Å². The molecule has 126 valence electrons. The van der Waals surface area contributed by atoms with E-state index in [0.29, 0.717) is 0 Å². The number of hydrogen-bond donors (Lipinski definition) is 1. The van der Waals surface area contributed by atoms with Gasteiger partial charge < -0.3 is 5.32 Å². The van der Waals surface area contributed by atoms with Crippen molar-refractivity contribution in [3.05, 3.63) is 12.2 Å². The van der Waals surface area contributed by atoms with E-state index in [0.717, 1.165) is 0 Å². The number of rotatable bonds is 17. The van der Waals surface area contributed by atoms with Crippen LogP contribution in [0.2, 0.25) is 0 Å². The van der Waals surface area contributed by atoms with Crippen LogP contribution in [0.25, 0.3) is 0 Å². The van der Waals surface area contributed by atoms with Crippen molar-refractivity contribution in [2.45, 2.75) is 104 Å². The molecule has 0 heterocycles. The van der Waals surface area contributed by atoms with E-state index < -0.39 is 0 Å². The van der Waals surface area contributed by atoms with Crippen LogP contribution in [0.5, 0.6) is 0 Å². The van der Waals surface area contributed by atoms with Crippen LogP contribution in [0.3, 0.4) is 0 Å². The molecule has 0 aromatic carbocycles. The van der Waals surface area contributed by atoms with Gasteiger partial charge in [0, 0.05) is 0 Å². The van der Waals surface area contributed by atoms with E-state index in [-0.39, 0.29) is 0 Å². The zero-order valence-corrected chi connectivity index (χ0v) is 15.0. The lowest BCUT2D eigenvalue weighted by atomic mass is 10.1. The molecule has 0 radical (unpaired) electrons. The molecule has 21 heavy (non-hydrogen) atoms. The Kier molecular flexibility index (Phi) is 19.4. The fourth-order valence-electron chi connectivity index (χ4n) is 2.66. The first-order valence-electron chi connectivity index (χ1n) is 9.77. The number of hydrogen-bond acceptors (Lipinski definition) is 1. The van der Waals surface area contributed by atoms with Crippen molar-refractivity contribution in [1.82, 2.24) is 5.32 Å². The zero-order valence-electron chi connectivity index (χ0n) is 15.0. The molecule has 0 saturated heterocycles. The number of unbranched alkanes of at least 4 members (excludes halogenated alkanes) is 11. The van der Waals surface area contributed by atoms with Gasteiger partial charge in [0.15, 0.2) is 0 Å². The normalized spacial score (nSPS) is 11.5. The molecule has 0 rings (SSSR count). The summed E-state index contributed by atoms with van der Waals surface area (Å²) in [5.74, 6) is 0. The highest BCUT2D eigenvalue weighted by Gasteiger charge is 1.92. The molecule has 0 atom stereocenters. The molecule has 0 unspecified atom stereocenters. The lowest BCUT2D eigenvalue weighted by Crippen LogP contribution is -2.16. The highest BCUT2D eigenvalue weighted by Crippen LogP contribution is 2.08. The van der Waals surface area contributed by atoms with Crippen LogP contribution in [0.4, 0.5) is 0 Å². The number of allylic oxidation sites excluding steroid dienone is 2. The maximum Gasteiger partial charge on any atom is -0.00489 e. The Bertz CT molecular complexity index is 198. The Labute approximate surface area is 135 Å². The largest absolute Gasteiger partial charge is 0.317 e. The van der Waals surface area contributed by atoms with Crippen LogP contribution >= 0.6 is 0 Å². The van der Waals surface area contributed by atoms with Crippen molar-refractivity contribution in [1.29, 1.82) is 0 Å². The molecule has 0 bridgehead atoms. The van der Waals surface area contributed by atoms with Gasteiger partial charge in [0.1, 0.15) is 0 Å². The van der Waals surface area contributed by atoms with Crippen LogP contribution in [0.1, 0.15) is 104 Å². The van der Waals surface area contributed by atoms with Crippen molar-refractivity contribution in [3.8, 4) is 0 Å². The van der Waals surface area contributed by atoms with E-state index in [1.807, 2.05) is 0 Å². The minimum atomic E-state index is 1.18. The average Bonchev–Trinajstić information content (AvgIpc) is 2.50. The summed E-state index contributed by atoms with van der Waals surface area (Å²) in [7, 11) is 0. The first kappa shape index (κ1) is 20.7. The molecule has 0 saturated carbocycles. The van der Waals surface area contributed by atoms with Gasteiger partial charge in [0.2, 0.25) is 0 Å². The summed E-state index contributed by atoms with van der Waals surface area (Å²) in [4.78, 5) is 0. The van der Waals surface area contributed by atoms with Crippen LogP contribution in [-0.2, 0) is 0 Å². The van der Waals surface area contributed by atoms with E-state index in [9.17, 15) is 0 Å². The van der Waals surface area contributed by atoms with Crippen molar-refractivity contribution in [2.24, 2.45) is 0 Å². The van der Waals surface area contributed by atoms with Gasteiger partial charge in [-0.05, 0) is 45.2 Å². The lowest BCUT2D eigenvalue weighted by Gasteiger charge is -2.05. The van der Waals surface area contributed by atoms with Gasteiger partial charge in [-0.2, -0.15) is 0 Å². The topological polar surface area (TPSA) is 12.0 Å². The quantitative estimate of drug-likeness (QED) is 0.234. The predicted octanol–water partition coefficient (Wildman–Crippen LogP) is 6.63. The van der Waals surface area contributed by atoms with Crippen molar-refractivity contribution < 1.29 is 0 Å². The molecule has 1 N–H and O–H groups in total. The van der Waals surface area contributed by atoms with Gasteiger partial charge in [0.25, 0.3) is 0 Å². The maximum absolute atomic E-state index is 3.59. The molecule has 0 spiro atoms. The molecule has 0 aliphatic carbocycles. The molecule has 0 fully saturated rings. The third kappa shape index (κ3) is 19.7. The van der Waals surface area contributed by atoms with Crippen molar-refractivity contribution in [2.75, 3.05) is 13.1 Å². The van der Waals surface area contributed by atoms with Crippen molar-refractivity contribution >= 4 is 0 Å². The van der Waals surface area contributed by atoms with Gasteiger partial charge in [-0.25, -0.2) is 0 Å². The molecule has 0 aromatic rings. The van der Waals surface area contributed by atoms with Gasteiger partial charge in [-0.3, -0.25) is 0 Å². The Hall–Kier alpha value is -0.300. The van der Waals surface area contributed by atoms with E-state index >= 15 is 0 Å². The van der Waals surface area contributed by atoms with Crippen LogP contribution < -0.4 is 5.32 Å². The Morgan fingerprint density at radius 1 is 0.571 bits per heavy atom. The van der Waals surface area contributed by atoms with E-state index in [4.69, 9.17) is 0 Å². The SMILES string of the molecule is CC/C=C/CCCCCCNCCCCCCCCCC. The minimum Gasteiger partial charge on any atom is -0.317 e. The fourth-order valence-corrected chi connectivity index (χ4v) is 2.66. The fraction of sp³-hybridized carbons (Fsp3) is 0.900. The molecular weight excluding hydrogens is 254 g/mol. The first-order chi connectivity index (χ1) is 10.4. The average molecular weight is 296 g/mol. The Morgan fingerprint density at radius 3 is 1.67 bits per heavy atom. The third-order valence-corrected chi connectivity index (χ3v) is 4.08. The summed E-state index contributed by atoms with van der Waals surface area (Å²) < 4.78 is 0. The monoisotopic (exact) mass is 295 g/mol. The summed E-state index contributed by atoms with van der Waals surface area (Å²) in [6.07, 6.45) is 24.0. The van der Waals surface area contributed by atoms with Gasteiger partial charge in [-0.15, -0.1) is 0 Å². The summed E-state index contributed by atoms with van der Waals surface area (Å²) in [5, 5.41) is 3.59.